The molecule has 2 rings (SSSR count). The summed E-state index contributed by atoms with van der Waals surface area (Å²) in [7, 11) is 0. The lowest BCUT2D eigenvalue weighted by Crippen LogP contribution is -1.99. The minimum atomic E-state index is 0.531. The maximum absolute atomic E-state index is 4.17. The molecule has 0 aliphatic carbocycles. The standard InChI is InChI=1S/C14H18N2.2C2H6/c1-9(2)12-7-11-5-6-15-16-14(11)8-13(12)10(3)4;2*1-2/h5-10H,1-4H3;2*1-2H3. The first kappa shape index (κ1) is 18.6. The molecule has 0 fully saturated rings. The zero-order valence-corrected chi connectivity index (χ0v) is 14.4. The molecular formula is C18H30N2. The van der Waals surface area contributed by atoms with Crippen molar-refractivity contribution in [2.75, 3.05) is 0 Å². The number of hydrogen-bond acceptors (Lipinski definition) is 2. The summed E-state index contributed by atoms with van der Waals surface area (Å²) in [5.74, 6) is 1.08. The van der Waals surface area contributed by atoms with Crippen molar-refractivity contribution in [3.05, 3.63) is 35.5 Å². The smallest absolute Gasteiger partial charge is 0.0932 e. The van der Waals surface area contributed by atoms with Crippen LogP contribution in [-0.4, -0.2) is 10.2 Å². The summed E-state index contributed by atoms with van der Waals surface area (Å²) < 4.78 is 0. The van der Waals surface area contributed by atoms with Crippen molar-refractivity contribution >= 4 is 10.9 Å². The first-order valence-electron chi connectivity index (χ1n) is 7.85. The van der Waals surface area contributed by atoms with Gasteiger partial charge in [-0.15, -0.1) is 0 Å². The van der Waals surface area contributed by atoms with E-state index in [4.69, 9.17) is 0 Å². The average Bonchev–Trinajstić information content (AvgIpc) is 2.49. The molecule has 112 valence electrons. The summed E-state index contributed by atoms with van der Waals surface area (Å²) >= 11 is 0. The van der Waals surface area contributed by atoms with Gasteiger partial charge in [0.05, 0.1) is 11.7 Å². The van der Waals surface area contributed by atoms with Gasteiger partial charge in [0, 0.05) is 5.39 Å². The molecule has 0 unspecified atom stereocenters. The van der Waals surface area contributed by atoms with Gasteiger partial charge in [0.2, 0.25) is 0 Å². The van der Waals surface area contributed by atoms with Crippen molar-refractivity contribution in [1.82, 2.24) is 10.2 Å². The first-order valence-corrected chi connectivity index (χ1v) is 7.85. The van der Waals surface area contributed by atoms with E-state index < -0.39 is 0 Å². The molecule has 0 N–H and O–H groups in total. The normalized spacial score (nSPS) is 9.90. The second-order valence-electron chi connectivity index (χ2n) is 4.88. The number of hydrogen-bond donors (Lipinski definition) is 0. The molecule has 0 saturated carbocycles. The predicted molar refractivity (Wildman–Crippen MR) is 90.4 cm³/mol. The molecule has 20 heavy (non-hydrogen) atoms. The molecule has 0 atom stereocenters. The third kappa shape index (κ3) is 4.59. The minimum Gasteiger partial charge on any atom is -0.159 e. The third-order valence-corrected chi connectivity index (χ3v) is 2.96. The predicted octanol–water partition coefficient (Wildman–Crippen LogP) is 5.93. The highest BCUT2D eigenvalue weighted by atomic mass is 15.1. The summed E-state index contributed by atoms with van der Waals surface area (Å²) in [5.41, 5.74) is 3.81. The Hall–Kier alpha value is -1.44. The van der Waals surface area contributed by atoms with Gasteiger partial charge in [-0.1, -0.05) is 55.4 Å². The Kier molecular flexibility index (Phi) is 8.78. The van der Waals surface area contributed by atoms with Gasteiger partial charge in [0.15, 0.2) is 0 Å². The third-order valence-electron chi connectivity index (χ3n) is 2.96. The fraction of sp³-hybridized carbons (Fsp3) is 0.556. The van der Waals surface area contributed by atoms with E-state index in [9.17, 15) is 0 Å². The summed E-state index contributed by atoms with van der Waals surface area (Å²) in [6.07, 6.45) is 1.75. The van der Waals surface area contributed by atoms with E-state index in [2.05, 4.69) is 50.0 Å². The highest BCUT2D eigenvalue weighted by molar-refractivity contribution is 5.80. The van der Waals surface area contributed by atoms with Crippen LogP contribution in [-0.2, 0) is 0 Å². The lowest BCUT2D eigenvalue weighted by Gasteiger charge is -2.16. The molecule has 0 amide bonds. The summed E-state index contributed by atoms with van der Waals surface area (Å²) in [6, 6.07) is 6.46. The number of fused-ring (bicyclic) bond motifs is 1. The van der Waals surface area contributed by atoms with Crippen LogP contribution in [0, 0.1) is 0 Å². The fourth-order valence-corrected chi connectivity index (χ4v) is 2.07. The zero-order valence-electron chi connectivity index (χ0n) is 14.4. The highest BCUT2D eigenvalue weighted by Crippen LogP contribution is 2.29. The molecule has 1 aromatic carbocycles. The van der Waals surface area contributed by atoms with Gasteiger partial charge in [-0.2, -0.15) is 10.2 Å². The second-order valence-corrected chi connectivity index (χ2v) is 4.88. The maximum atomic E-state index is 4.17. The van der Waals surface area contributed by atoms with Gasteiger partial charge in [-0.3, -0.25) is 0 Å². The molecule has 1 heterocycles. The summed E-state index contributed by atoms with van der Waals surface area (Å²) in [6.45, 7) is 16.9. The van der Waals surface area contributed by atoms with E-state index in [0.717, 1.165) is 5.52 Å². The van der Waals surface area contributed by atoms with Crippen molar-refractivity contribution in [2.45, 2.75) is 67.2 Å². The van der Waals surface area contributed by atoms with Crippen molar-refractivity contribution < 1.29 is 0 Å². The van der Waals surface area contributed by atoms with E-state index in [1.54, 1.807) is 6.20 Å². The SMILES string of the molecule is CC.CC.CC(C)c1cc2ccnnc2cc1C(C)C. The molecule has 2 aromatic rings. The van der Waals surface area contributed by atoms with Crippen LogP contribution in [0.2, 0.25) is 0 Å². The Morgan fingerprint density at radius 1 is 0.800 bits per heavy atom. The molecule has 0 aliphatic rings. The molecule has 2 heteroatoms. The number of aromatic nitrogens is 2. The van der Waals surface area contributed by atoms with E-state index in [1.807, 2.05) is 33.8 Å². The molecule has 0 radical (unpaired) electrons. The van der Waals surface area contributed by atoms with Gasteiger partial charge < -0.3 is 0 Å². The Morgan fingerprint density at radius 3 is 1.80 bits per heavy atom. The molecule has 0 bridgehead atoms. The molecule has 0 aliphatic heterocycles. The monoisotopic (exact) mass is 274 g/mol. The van der Waals surface area contributed by atoms with Gasteiger partial charge in [-0.25, -0.2) is 0 Å². The minimum absolute atomic E-state index is 0.531. The van der Waals surface area contributed by atoms with E-state index in [-0.39, 0.29) is 0 Å². The number of nitrogens with zero attached hydrogens (tertiary/aromatic N) is 2. The van der Waals surface area contributed by atoms with E-state index in [1.165, 1.54) is 16.5 Å². The molecule has 1 aromatic heterocycles. The Labute approximate surface area is 124 Å². The molecule has 0 spiro atoms. The molecular weight excluding hydrogens is 244 g/mol. The van der Waals surface area contributed by atoms with E-state index >= 15 is 0 Å². The van der Waals surface area contributed by atoms with Crippen molar-refractivity contribution in [3.63, 3.8) is 0 Å². The van der Waals surface area contributed by atoms with Crippen molar-refractivity contribution in [1.29, 1.82) is 0 Å². The topological polar surface area (TPSA) is 25.8 Å². The number of benzene rings is 1. The largest absolute Gasteiger partial charge is 0.159 e. The van der Waals surface area contributed by atoms with Crippen LogP contribution >= 0.6 is 0 Å². The lowest BCUT2D eigenvalue weighted by atomic mass is 9.89. The molecule has 2 nitrogen and oxygen atoms in total. The van der Waals surface area contributed by atoms with Crippen molar-refractivity contribution in [2.24, 2.45) is 0 Å². The van der Waals surface area contributed by atoms with Gasteiger partial charge in [-0.05, 0) is 41.2 Å². The Morgan fingerprint density at radius 2 is 1.30 bits per heavy atom. The summed E-state index contributed by atoms with van der Waals surface area (Å²) in [5, 5.41) is 9.30. The maximum Gasteiger partial charge on any atom is 0.0932 e. The van der Waals surface area contributed by atoms with Crippen LogP contribution in [0.15, 0.2) is 24.4 Å². The average molecular weight is 274 g/mol. The molecule has 0 saturated heterocycles. The van der Waals surface area contributed by atoms with Gasteiger partial charge in [0.1, 0.15) is 0 Å². The van der Waals surface area contributed by atoms with Crippen LogP contribution in [0.5, 0.6) is 0 Å². The quantitative estimate of drug-likeness (QED) is 0.678. The van der Waals surface area contributed by atoms with Crippen LogP contribution in [0.1, 0.15) is 78.4 Å². The highest BCUT2D eigenvalue weighted by Gasteiger charge is 2.11. The van der Waals surface area contributed by atoms with Gasteiger partial charge in [0.25, 0.3) is 0 Å². The first-order chi connectivity index (χ1) is 9.59. The second kappa shape index (κ2) is 9.46. The van der Waals surface area contributed by atoms with Crippen LogP contribution in [0.25, 0.3) is 10.9 Å². The lowest BCUT2D eigenvalue weighted by molar-refractivity contribution is 0.792. The number of rotatable bonds is 2. The van der Waals surface area contributed by atoms with Gasteiger partial charge >= 0.3 is 0 Å². The van der Waals surface area contributed by atoms with Crippen LogP contribution in [0.4, 0.5) is 0 Å². The van der Waals surface area contributed by atoms with Crippen LogP contribution in [0.3, 0.4) is 0 Å². The summed E-state index contributed by atoms with van der Waals surface area (Å²) in [4.78, 5) is 0. The zero-order chi connectivity index (χ0) is 15.7. The Balaban J connectivity index is 0.000000829. The fourth-order valence-electron chi connectivity index (χ4n) is 2.07. The van der Waals surface area contributed by atoms with E-state index in [0.29, 0.717) is 11.8 Å². The van der Waals surface area contributed by atoms with Crippen LogP contribution < -0.4 is 0 Å². The van der Waals surface area contributed by atoms with Crippen molar-refractivity contribution in [3.8, 4) is 0 Å². The Bertz CT molecular complexity index is 455.